The Labute approximate surface area is 153 Å². The highest BCUT2D eigenvalue weighted by Gasteiger charge is 2.21. The molecule has 0 amide bonds. The maximum atomic E-state index is 13.6. The summed E-state index contributed by atoms with van der Waals surface area (Å²) in [4.78, 5) is 0. The third-order valence-corrected chi connectivity index (χ3v) is 4.44. The van der Waals surface area contributed by atoms with E-state index in [9.17, 15) is 19.7 Å². The van der Waals surface area contributed by atoms with Crippen LogP contribution in [0.3, 0.4) is 0 Å². The van der Waals surface area contributed by atoms with E-state index < -0.39 is 23.9 Å². The summed E-state index contributed by atoms with van der Waals surface area (Å²) < 4.78 is 13.6. The normalized spacial score (nSPS) is 15.3. The summed E-state index contributed by atoms with van der Waals surface area (Å²) in [6.07, 6.45) is 2.98. The highest BCUT2D eigenvalue weighted by atomic mass is 19.1. The molecule has 0 fully saturated rings. The fraction of sp³-hybridized carbons (Fsp3) is 0.273. The van der Waals surface area contributed by atoms with Crippen LogP contribution >= 0.6 is 0 Å². The lowest BCUT2D eigenvalue weighted by molar-refractivity contribution is 0.0429. The molecule has 3 nitrogen and oxygen atoms in total. The molecule has 0 bridgehead atoms. The lowest BCUT2D eigenvalue weighted by Crippen LogP contribution is -2.28. The summed E-state index contributed by atoms with van der Waals surface area (Å²) in [5, 5.41) is 29.5. The molecule has 4 heteroatoms. The number of aliphatic hydroxyl groups is 2. The van der Waals surface area contributed by atoms with Crippen molar-refractivity contribution in [1.82, 2.24) is 0 Å². The number of aliphatic hydroxyl groups excluding tert-OH is 2. The van der Waals surface area contributed by atoms with Crippen molar-refractivity contribution in [3.63, 3.8) is 0 Å². The van der Waals surface area contributed by atoms with Gasteiger partial charge in [0.05, 0.1) is 12.2 Å². The van der Waals surface area contributed by atoms with E-state index in [1.54, 1.807) is 19.1 Å². The molecular formula is C22H25FO3. The van der Waals surface area contributed by atoms with Crippen molar-refractivity contribution in [1.29, 1.82) is 0 Å². The summed E-state index contributed by atoms with van der Waals surface area (Å²) in [5.74, 6) is -1.46. The van der Waals surface area contributed by atoms with Gasteiger partial charge in [-0.3, -0.25) is 0 Å². The minimum absolute atomic E-state index is 0.385. The van der Waals surface area contributed by atoms with Gasteiger partial charge in [0.15, 0.2) is 11.6 Å². The zero-order valence-electron chi connectivity index (χ0n) is 14.8. The first-order chi connectivity index (χ1) is 12.4. The largest absolute Gasteiger partial charge is 0.505 e. The van der Waals surface area contributed by atoms with Crippen molar-refractivity contribution in [3.05, 3.63) is 78.1 Å². The summed E-state index contributed by atoms with van der Waals surface area (Å²) in [7, 11) is 0. The van der Waals surface area contributed by atoms with Crippen LogP contribution < -0.4 is 0 Å². The number of aromatic hydroxyl groups is 1. The van der Waals surface area contributed by atoms with Crippen LogP contribution in [-0.2, 0) is 0 Å². The predicted octanol–water partition coefficient (Wildman–Crippen LogP) is 4.40. The zero-order valence-corrected chi connectivity index (χ0v) is 14.8. The Morgan fingerprint density at radius 2 is 1.85 bits per heavy atom. The molecule has 0 unspecified atom stereocenters. The second-order valence-corrected chi connectivity index (χ2v) is 6.41. The monoisotopic (exact) mass is 356 g/mol. The average Bonchev–Trinajstić information content (AvgIpc) is 2.62. The molecule has 26 heavy (non-hydrogen) atoms. The average molecular weight is 356 g/mol. The lowest BCUT2D eigenvalue weighted by atomic mass is 9.90. The van der Waals surface area contributed by atoms with Gasteiger partial charge < -0.3 is 15.3 Å². The summed E-state index contributed by atoms with van der Waals surface area (Å²) in [5.41, 5.74) is 2.54. The Hall–Kier alpha value is -2.43. The SMILES string of the molecule is C=C[C@H]([C@H](O)CC/C(=C/c1ccc(O)c(F)c1)c1ccccc1)[C@@H](C)O. The standard InChI is InChI=1S/C22H25FO3/c1-3-19(15(2)24)21(25)12-10-18(17-7-5-4-6-8-17)13-16-9-11-22(26)20(23)14-16/h3-9,11,13-15,19,21,24-26H,1,10,12H2,2H3/b18-13-/t15-,19+,21-/m1/s1. The van der Waals surface area contributed by atoms with Gasteiger partial charge in [-0.25, -0.2) is 4.39 Å². The van der Waals surface area contributed by atoms with Gasteiger partial charge in [0.1, 0.15) is 0 Å². The van der Waals surface area contributed by atoms with Crippen LogP contribution in [0.2, 0.25) is 0 Å². The van der Waals surface area contributed by atoms with E-state index in [0.717, 1.165) is 11.1 Å². The van der Waals surface area contributed by atoms with Crippen LogP contribution in [0.15, 0.2) is 61.2 Å². The Morgan fingerprint density at radius 1 is 1.15 bits per heavy atom. The molecule has 2 rings (SSSR count). The van der Waals surface area contributed by atoms with Crippen LogP contribution in [0.5, 0.6) is 5.75 Å². The van der Waals surface area contributed by atoms with E-state index in [2.05, 4.69) is 6.58 Å². The molecule has 0 saturated heterocycles. The van der Waals surface area contributed by atoms with Gasteiger partial charge in [-0.2, -0.15) is 0 Å². The van der Waals surface area contributed by atoms with Crippen molar-refractivity contribution in [2.45, 2.75) is 32.0 Å². The number of hydrogen-bond donors (Lipinski definition) is 3. The second-order valence-electron chi connectivity index (χ2n) is 6.41. The third-order valence-electron chi connectivity index (χ3n) is 4.44. The Bertz CT molecular complexity index is 753. The zero-order chi connectivity index (χ0) is 19.1. The molecule has 0 aliphatic carbocycles. The topological polar surface area (TPSA) is 60.7 Å². The molecule has 0 aliphatic heterocycles. The molecule has 0 saturated carbocycles. The smallest absolute Gasteiger partial charge is 0.165 e. The first-order valence-corrected chi connectivity index (χ1v) is 8.65. The number of rotatable bonds is 8. The number of benzene rings is 2. The van der Waals surface area contributed by atoms with Crippen molar-refractivity contribution in [2.24, 2.45) is 5.92 Å². The number of halogens is 1. The van der Waals surface area contributed by atoms with Gasteiger partial charge in [-0.15, -0.1) is 6.58 Å². The molecule has 0 aromatic heterocycles. The van der Waals surface area contributed by atoms with Crippen LogP contribution in [0.1, 0.15) is 30.9 Å². The van der Waals surface area contributed by atoms with Gasteiger partial charge in [0.2, 0.25) is 0 Å². The Kier molecular flexibility index (Phi) is 7.13. The molecule has 0 radical (unpaired) electrons. The predicted molar refractivity (Wildman–Crippen MR) is 103 cm³/mol. The minimum atomic E-state index is -0.726. The molecule has 3 atom stereocenters. The number of hydrogen-bond acceptors (Lipinski definition) is 3. The third kappa shape index (κ3) is 5.28. The van der Waals surface area contributed by atoms with Crippen molar-refractivity contribution in [2.75, 3.05) is 0 Å². The van der Waals surface area contributed by atoms with Gasteiger partial charge in [0, 0.05) is 5.92 Å². The Morgan fingerprint density at radius 3 is 2.42 bits per heavy atom. The van der Waals surface area contributed by atoms with E-state index in [1.807, 2.05) is 36.4 Å². The number of allylic oxidation sites excluding steroid dienone is 1. The summed E-state index contributed by atoms with van der Waals surface area (Å²) in [6, 6.07) is 13.9. The van der Waals surface area contributed by atoms with Crippen molar-refractivity contribution in [3.8, 4) is 5.75 Å². The van der Waals surface area contributed by atoms with E-state index >= 15 is 0 Å². The van der Waals surface area contributed by atoms with Crippen LogP contribution in [0.25, 0.3) is 11.6 Å². The van der Waals surface area contributed by atoms with Crippen molar-refractivity contribution < 1.29 is 19.7 Å². The molecule has 2 aromatic rings. The van der Waals surface area contributed by atoms with E-state index in [1.165, 1.54) is 12.1 Å². The fourth-order valence-corrected chi connectivity index (χ4v) is 2.94. The molecule has 0 aliphatic rings. The molecule has 0 heterocycles. The summed E-state index contributed by atoms with van der Waals surface area (Å²) >= 11 is 0. The highest BCUT2D eigenvalue weighted by molar-refractivity contribution is 5.81. The maximum Gasteiger partial charge on any atom is 0.165 e. The second kappa shape index (κ2) is 9.32. The molecule has 0 spiro atoms. The van der Waals surface area contributed by atoms with Gasteiger partial charge in [-0.05, 0) is 48.6 Å². The van der Waals surface area contributed by atoms with Crippen LogP contribution in [0, 0.1) is 11.7 Å². The van der Waals surface area contributed by atoms with Gasteiger partial charge in [0.25, 0.3) is 0 Å². The minimum Gasteiger partial charge on any atom is -0.505 e. The van der Waals surface area contributed by atoms with Crippen LogP contribution in [0.4, 0.5) is 4.39 Å². The van der Waals surface area contributed by atoms with E-state index in [4.69, 9.17) is 0 Å². The maximum absolute atomic E-state index is 13.6. The molecular weight excluding hydrogens is 331 g/mol. The fourth-order valence-electron chi connectivity index (χ4n) is 2.94. The van der Waals surface area contributed by atoms with Gasteiger partial charge >= 0.3 is 0 Å². The molecule has 138 valence electrons. The van der Waals surface area contributed by atoms with Crippen LogP contribution in [-0.4, -0.2) is 27.5 Å². The van der Waals surface area contributed by atoms with E-state index in [-0.39, 0.29) is 5.75 Å². The van der Waals surface area contributed by atoms with Gasteiger partial charge in [-0.1, -0.05) is 48.6 Å². The molecule has 3 N–H and O–H groups in total. The van der Waals surface area contributed by atoms with E-state index in [0.29, 0.717) is 18.4 Å². The van der Waals surface area contributed by atoms with Crippen molar-refractivity contribution >= 4 is 11.6 Å². The molecule has 2 aromatic carbocycles. The highest BCUT2D eigenvalue weighted by Crippen LogP contribution is 2.27. The lowest BCUT2D eigenvalue weighted by Gasteiger charge is -2.22. The number of phenolic OH excluding ortho intramolecular Hbond substituents is 1. The quantitative estimate of drug-likeness (QED) is 0.485. The Balaban J connectivity index is 2.26. The summed E-state index contributed by atoms with van der Waals surface area (Å²) in [6.45, 7) is 5.30. The first kappa shape index (κ1) is 19.9. The first-order valence-electron chi connectivity index (χ1n) is 8.65. The number of phenols is 1.